The van der Waals surface area contributed by atoms with Gasteiger partial charge < -0.3 is 24.1 Å². The van der Waals surface area contributed by atoms with E-state index in [9.17, 15) is 13.6 Å². The van der Waals surface area contributed by atoms with Crippen molar-refractivity contribution in [2.45, 2.75) is 37.8 Å². The molecule has 1 saturated heterocycles. The van der Waals surface area contributed by atoms with Gasteiger partial charge in [0, 0.05) is 49.8 Å². The van der Waals surface area contributed by atoms with Gasteiger partial charge in [0.05, 0.1) is 30.1 Å². The second-order valence-electron chi connectivity index (χ2n) is 11.6. The number of aromatic nitrogens is 2. The van der Waals surface area contributed by atoms with Gasteiger partial charge in [-0.15, -0.1) is 0 Å². The normalized spacial score (nSPS) is 15.0. The molecule has 9 heteroatoms. The number of likely N-dealkylation sites (tertiary alicyclic amines) is 1. The van der Waals surface area contributed by atoms with Crippen molar-refractivity contribution in [3.63, 3.8) is 0 Å². The Labute approximate surface area is 256 Å². The summed E-state index contributed by atoms with van der Waals surface area (Å²) in [5, 5.41) is 3.70. The average molecular weight is 598 g/mol. The molecular weight excluding hydrogens is 560 g/mol. The molecule has 1 aliphatic heterocycles. The summed E-state index contributed by atoms with van der Waals surface area (Å²) in [5.74, 6) is -1.11. The van der Waals surface area contributed by atoms with Crippen LogP contribution in [0.5, 0.6) is 0 Å². The van der Waals surface area contributed by atoms with E-state index in [1.54, 1.807) is 42.7 Å². The summed E-state index contributed by atoms with van der Waals surface area (Å²) in [6.07, 6.45) is 6.08. The number of imidazole rings is 1. The zero-order chi connectivity index (χ0) is 30.5. The van der Waals surface area contributed by atoms with Crippen molar-refractivity contribution < 1.29 is 18.0 Å². The van der Waals surface area contributed by atoms with E-state index >= 15 is 0 Å². The van der Waals surface area contributed by atoms with E-state index in [1.807, 2.05) is 42.5 Å². The van der Waals surface area contributed by atoms with Crippen LogP contribution in [-0.2, 0) is 6.54 Å². The number of hydrogen-bond donors (Lipinski definition) is 1. The first-order valence-corrected chi connectivity index (χ1v) is 15.2. The number of carbonyl (C=O) groups excluding carboxylic acids is 1. The lowest BCUT2D eigenvalue weighted by Gasteiger charge is -2.34. The summed E-state index contributed by atoms with van der Waals surface area (Å²) in [6.45, 7) is 3.68. The summed E-state index contributed by atoms with van der Waals surface area (Å²) in [7, 11) is 1.76. The predicted octanol–water partition coefficient (Wildman–Crippen LogP) is 6.78. The first kappa shape index (κ1) is 29.6. The molecule has 0 aliphatic carbocycles. The third kappa shape index (κ3) is 6.83. The summed E-state index contributed by atoms with van der Waals surface area (Å²) < 4.78 is 35.5. The molecule has 3 aromatic carbocycles. The van der Waals surface area contributed by atoms with Gasteiger partial charge in [-0.25, -0.2) is 13.8 Å². The van der Waals surface area contributed by atoms with Gasteiger partial charge in [0.1, 0.15) is 0 Å². The van der Waals surface area contributed by atoms with Gasteiger partial charge >= 0.3 is 0 Å². The maximum absolute atomic E-state index is 14.2. The Bertz CT molecular complexity index is 1680. The van der Waals surface area contributed by atoms with Crippen molar-refractivity contribution in [1.82, 2.24) is 19.4 Å². The predicted molar refractivity (Wildman–Crippen MR) is 168 cm³/mol. The van der Waals surface area contributed by atoms with Crippen LogP contribution < -0.4 is 5.32 Å². The van der Waals surface area contributed by atoms with Gasteiger partial charge in [0.25, 0.3) is 5.91 Å². The molecule has 6 rings (SSSR count). The first-order valence-electron chi connectivity index (χ1n) is 15.2. The summed E-state index contributed by atoms with van der Waals surface area (Å²) in [6, 6.07) is 23.6. The molecule has 44 heavy (non-hydrogen) atoms. The number of rotatable bonds is 11. The molecule has 1 N–H and O–H groups in total. The molecule has 0 bridgehead atoms. The highest BCUT2D eigenvalue weighted by Gasteiger charge is 2.24. The SMILES string of the molecule is CN(CC(CCN1CCC(Nc2nc3ccccc3n2Cc2ccoc2)CC1)c1ccc(F)c(F)c1)C(=O)c1ccccc1. The van der Waals surface area contributed by atoms with E-state index in [0.717, 1.165) is 61.4 Å². The van der Waals surface area contributed by atoms with Crippen molar-refractivity contribution in [3.8, 4) is 0 Å². The Balaban J connectivity index is 1.09. The van der Waals surface area contributed by atoms with E-state index < -0.39 is 11.6 Å². The van der Waals surface area contributed by atoms with Crippen LogP contribution in [0.3, 0.4) is 0 Å². The third-order valence-corrected chi connectivity index (χ3v) is 8.57. The largest absolute Gasteiger partial charge is 0.472 e. The van der Waals surface area contributed by atoms with E-state index in [4.69, 9.17) is 9.40 Å². The van der Waals surface area contributed by atoms with Crippen molar-refractivity contribution in [1.29, 1.82) is 0 Å². The second kappa shape index (κ2) is 13.4. The van der Waals surface area contributed by atoms with E-state index in [-0.39, 0.29) is 17.9 Å². The van der Waals surface area contributed by atoms with Crippen LogP contribution in [-0.4, -0.2) is 64.5 Å². The maximum atomic E-state index is 14.2. The molecule has 1 atom stereocenters. The fraction of sp³-hybridized carbons (Fsp3) is 0.314. The fourth-order valence-electron chi connectivity index (χ4n) is 6.08. The highest BCUT2D eigenvalue weighted by molar-refractivity contribution is 5.94. The van der Waals surface area contributed by atoms with Crippen LogP contribution in [0.2, 0.25) is 0 Å². The Hall–Kier alpha value is -4.50. The van der Waals surface area contributed by atoms with Crippen molar-refractivity contribution >= 4 is 22.9 Å². The van der Waals surface area contributed by atoms with Crippen molar-refractivity contribution in [3.05, 3.63) is 120 Å². The Morgan fingerprint density at radius 3 is 2.55 bits per heavy atom. The van der Waals surface area contributed by atoms with Crippen molar-refractivity contribution in [2.24, 2.45) is 0 Å². The average Bonchev–Trinajstić information content (AvgIpc) is 3.69. The molecule has 5 aromatic rings. The molecule has 228 valence electrons. The number of piperidine rings is 1. The Morgan fingerprint density at radius 2 is 1.80 bits per heavy atom. The maximum Gasteiger partial charge on any atom is 0.253 e. The number of para-hydroxylation sites is 2. The molecule has 0 saturated carbocycles. The molecule has 3 heterocycles. The molecule has 1 aliphatic rings. The number of likely N-dealkylation sites (N-methyl/N-ethyl adjacent to an activating group) is 1. The number of nitrogens with one attached hydrogen (secondary N) is 1. The molecule has 2 aromatic heterocycles. The van der Waals surface area contributed by atoms with Crippen LogP contribution in [0, 0.1) is 11.6 Å². The van der Waals surface area contributed by atoms with Crippen LogP contribution in [0.15, 0.2) is 95.8 Å². The van der Waals surface area contributed by atoms with E-state index in [0.29, 0.717) is 24.2 Å². The van der Waals surface area contributed by atoms with Gasteiger partial charge in [-0.2, -0.15) is 0 Å². The standard InChI is InChI=1S/C35H37F2N5O2/c1-40(34(43)26-7-3-2-4-8-26)23-28(27-11-12-30(36)31(37)21-27)13-17-41-18-14-29(15-19-41)38-35-39-32-9-5-6-10-33(32)42(35)22-25-16-20-44-24-25/h2-12,16,20-21,24,28-29H,13-15,17-19,22-23H2,1H3,(H,38,39). The number of furan rings is 1. The molecule has 1 unspecified atom stereocenters. The van der Waals surface area contributed by atoms with Crippen molar-refractivity contribution in [2.75, 3.05) is 38.5 Å². The minimum absolute atomic E-state index is 0.0936. The molecule has 0 spiro atoms. The number of benzene rings is 3. The lowest BCUT2D eigenvalue weighted by atomic mass is 9.93. The first-order chi connectivity index (χ1) is 21.4. The van der Waals surface area contributed by atoms with E-state index in [1.165, 1.54) is 12.1 Å². The Kier molecular flexibility index (Phi) is 9.02. The smallest absolute Gasteiger partial charge is 0.253 e. The number of amides is 1. The number of halogens is 2. The molecular formula is C35H37F2N5O2. The minimum Gasteiger partial charge on any atom is -0.472 e. The quantitative estimate of drug-likeness (QED) is 0.182. The molecule has 1 amide bonds. The summed E-state index contributed by atoms with van der Waals surface area (Å²) in [4.78, 5) is 22.0. The molecule has 0 radical (unpaired) electrons. The fourth-order valence-corrected chi connectivity index (χ4v) is 6.08. The van der Waals surface area contributed by atoms with Crippen LogP contribution in [0.25, 0.3) is 11.0 Å². The molecule has 7 nitrogen and oxygen atoms in total. The monoisotopic (exact) mass is 597 g/mol. The zero-order valence-corrected chi connectivity index (χ0v) is 24.8. The molecule has 1 fully saturated rings. The van der Waals surface area contributed by atoms with Crippen LogP contribution in [0.1, 0.15) is 46.7 Å². The van der Waals surface area contributed by atoms with Crippen LogP contribution in [0.4, 0.5) is 14.7 Å². The number of anilines is 1. The van der Waals surface area contributed by atoms with E-state index in [2.05, 4.69) is 20.9 Å². The number of hydrogen-bond acceptors (Lipinski definition) is 5. The second-order valence-corrected chi connectivity index (χ2v) is 11.6. The van der Waals surface area contributed by atoms with Crippen LogP contribution >= 0.6 is 0 Å². The summed E-state index contributed by atoms with van der Waals surface area (Å²) in [5.41, 5.74) is 4.41. The summed E-state index contributed by atoms with van der Waals surface area (Å²) >= 11 is 0. The lowest BCUT2D eigenvalue weighted by Crippen LogP contribution is -2.40. The topological polar surface area (TPSA) is 66.5 Å². The lowest BCUT2D eigenvalue weighted by molar-refractivity contribution is 0.0781. The third-order valence-electron chi connectivity index (χ3n) is 8.57. The number of fused-ring (bicyclic) bond motifs is 1. The Morgan fingerprint density at radius 1 is 1.02 bits per heavy atom. The zero-order valence-electron chi connectivity index (χ0n) is 24.8. The number of nitrogens with zero attached hydrogens (tertiary/aromatic N) is 4. The van der Waals surface area contributed by atoms with Gasteiger partial charge in [-0.1, -0.05) is 36.4 Å². The minimum atomic E-state index is -0.867. The van der Waals surface area contributed by atoms with Gasteiger partial charge in [-0.3, -0.25) is 4.79 Å². The highest BCUT2D eigenvalue weighted by Crippen LogP contribution is 2.27. The highest BCUT2D eigenvalue weighted by atomic mass is 19.2. The van der Waals surface area contributed by atoms with Gasteiger partial charge in [0.2, 0.25) is 5.95 Å². The van der Waals surface area contributed by atoms with Gasteiger partial charge in [0.15, 0.2) is 11.6 Å². The number of carbonyl (C=O) groups is 1. The van der Waals surface area contributed by atoms with Gasteiger partial charge in [-0.05, 0) is 73.8 Å².